The van der Waals surface area contributed by atoms with Crippen molar-refractivity contribution in [1.82, 2.24) is 0 Å². The van der Waals surface area contributed by atoms with Gasteiger partial charge in [-0.25, -0.2) is 4.79 Å². The van der Waals surface area contributed by atoms with E-state index in [9.17, 15) is 4.79 Å². The average Bonchev–Trinajstić information content (AvgIpc) is 2.15. The summed E-state index contributed by atoms with van der Waals surface area (Å²) in [5.74, 6) is -0.980. The highest BCUT2D eigenvalue weighted by Gasteiger charge is 1.99. The fraction of sp³-hybridized carbons (Fsp3) is 0.100. The standard InChI is InChI=1S/C10H11NO2/c11-9(6-7-10(12)13)8-4-2-1-3-5-8/h1-7,9H,11H2,(H,12,13)/b7-6+/t9-/m0/s1. The minimum Gasteiger partial charge on any atom is -0.478 e. The summed E-state index contributed by atoms with van der Waals surface area (Å²) in [6.45, 7) is 0. The number of benzene rings is 1. The lowest BCUT2D eigenvalue weighted by Gasteiger charge is -2.04. The van der Waals surface area contributed by atoms with Crippen molar-refractivity contribution >= 4 is 5.97 Å². The Labute approximate surface area is 76.5 Å². The van der Waals surface area contributed by atoms with Crippen molar-refractivity contribution in [3.8, 4) is 0 Å². The highest BCUT2D eigenvalue weighted by atomic mass is 16.4. The van der Waals surface area contributed by atoms with Crippen molar-refractivity contribution in [3.05, 3.63) is 48.0 Å². The molecule has 0 unspecified atom stereocenters. The van der Waals surface area contributed by atoms with E-state index in [2.05, 4.69) is 0 Å². The molecule has 3 heteroatoms. The van der Waals surface area contributed by atoms with E-state index < -0.39 is 5.97 Å². The second kappa shape index (κ2) is 4.42. The zero-order valence-electron chi connectivity index (χ0n) is 7.05. The summed E-state index contributed by atoms with van der Waals surface area (Å²) >= 11 is 0. The molecule has 0 amide bonds. The first-order chi connectivity index (χ1) is 6.20. The molecule has 1 aromatic rings. The van der Waals surface area contributed by atoms with Crippen LogP contribution in [0.4, 0.5) is 0 Å². The maximum Gasteiger partial charge on any atom is 0.328 e. The quantitative estimate of drug-likeness (QED) is 0.684. The normalized spacial score (nSPS) is 13.0. The first-order valence-electron chi connectivity index (χ1n) is 3.92. The maximum atomic E-state index is 10.2. The second-order valence-electron chi connectivity index (χ2n) is 2.63. The van der Waals surface area contributed by atoms with Crippen LogP contribution in [0, 0.1) is 0 Å². The molecule has 0 spiro atoms. The molecule has 0 aliphatic rings. The number of carboxylic acids is 1. The minimum absolute atomic E-state index is 0.350. The molecule has 0 aromatic heterocycles. The molecule has 0 aliphatic heterocycles. The van der Waals surface area contributed by atoms with E-state index in [1.54, 1.807) is 0 Å². The smallest absolute Gasteiger partial charge is 0.328 e. The highest BCUT2D eigenvalue weighted by Crippen LogP contribution is 2.09. The Morgan fingerprint density at radius 2 is 2.00 bits per heavy atom. The van der Waals surface area contributed by atoms with Gasteiger partial charge in [-0.05, 0) is 5.56 Å². The van der Waals surface area contributed by atoms with Crippen molar-refractivity contribution in [2.24, 2.45) is 5.73 Å². The summed E-state index contributed by atoms with van der Waals surface area (Å²) in [6, 6.07) is 8.98. The average molecular weight is 177 g/mol. The molecular weight excluding hydrogens is 166 g/mol. The van der Waals surface area contributed by atoms with E-state index >= 15 is 0 Å². The van der Waals surface area contributed by atoms with Crippen LogP contribution in [0.2, 0.25) is 0 Å². The molecule has 1 rings (SSSR count). The molecule has 0 bridgehead atoms. The molecule has 0 aliphatic carbocycles. The highest BCUT2D eigenvalue weighted by molar-refractivity contribution is 5.79. The van der Waals surface area contributed by atoms with Crippen LogP contribution < -0.4 is 5.73 Å². The van der Waals surface area contributed by atoms with E-state index in [1.807, 2.05) is 30.3 Å². The third kappa shape index (κ3) is 3.09. The van der Waals surface area contributed by atoms with Crippen molar-refractivity contribution in [2.75, 3.05) is 0 Å². The molecule has 0 radical (unpaired) electrons. The van der Waals surface area contributed by atoms with Gasteiger partial charge in [-0.2, -0.15) is 0 Å². The molecule has 1 atom stereocenters. The van der Waals surface area contributed by atoms with Gasteiger partial charge in [0.15, 0.2) is 0 Å². The Morgan fingerprint density at radius 3 is 2.54 bits per heavy atom. The second-order valence-corrected chi connectivity index (χ2v) is 2.63. The van der Waals surface area contributed by atoms with Crippen molar-refractivity contribution in [3.63, 3.8) is 0 Å². The predicted molar refractivity (Wildman–Crippen MR) is 50.1 cm³/mol. The molecular formula is C10H11NO2. The number of hydrogen-bond donors (Lipinski definition) is 2. The first-order valence-corrected chi connectivity index (χ1v) is 3.92. The Hall–Kier alpha value is -1.61. The topological polar surface area (TPSA) is 63.3 Å². The van der Waals surface area contributed by atoms with E-state index in [-0.39, 0.29) is 6.04 Å². The summed E-state index contributed by atoms with van der Waals surface area (Å²) < 4.78 is 0. The predicted octanol–water partition coefficient (Wildman–Crippen LogP) is 1.33. The number of nitrogens with two attached hydrogens (primary N) is 1. The minimum atomic E-state index is -0.980. The van der Waals surface area contributed by atoms with Gasteiger partial charge >= 0.3 is 5.97 Å². The molecule has 3 nitrogen and oxygen atoms in total. The van der Waals surface area contributed by atoms with Gasteiger partial charge in [0.05, 0.1) is 0 Å². The Morgan fingerprint density at radius 1 is 1.38 bits per heavy atom. The van der Waals surface area contributed by atoms with E-state index in [0.29, 0.717) is 0 Å². The number of carbonyl (C=O) groups is 1. The number of carboxylic acid groups (broad SMARTS) is 1. The van der Waals surface area contributed by atoms with Crippen LogP contribution in [0.25, 0.3) is 0 Å². The summed E-state index contributed by atoms with van der Waals surface area (Å²) in [5, 5.41) is 8.37. The van der Waals surface area contributed by atoms with Crippen LogP contribution in [-0.2, 0) is 4.79 Å². The van der Waals surface area contributed by atoms with Gasteiger partial charge in [0.2, 0.25) is 0 Å². The SMILES string of the molecule is N[C@@H](/C=C/C(=O)O)c1ccccc1. The largest absolute Gasteiger partial charge is 0.478 e. The molecule has 0 saturated heterocycles. The zero-order valence-corrected chi connectivity index (χ0v) is 7.05. The summed E-state index contributed by atoms with van der Waals surface area (Å²) in [6.07, 6.45) is 2.51. The fourth-order valence-corrected chi connectivity index (χ4v) is 0.972. The van der Waals surface area contributed by atoms with Crippen LogP contribution in [0.3, 0.4) is 0 Å². The summed E-state index contributed by atoms with van der Waals surface area (Å²) in [5.41, 5.74) is 6.60. The van der Waals surface area contributed by atoms with Gasteiger partial charge in [0.1, 0.15) is 0 Å². The van der Waals surface area contributed by atoms with Gasteiger partial charge in [0.25, 0.3) is 0 Å². The van der Waals surface area contributed by atoms with Crippen LogP contribution in [-0.4, -0.2) is 11.1 Å². The molecule has 0 saturated carbocycles. The van der Waals surface area contributed by atoms with Crippen LogP contribution in [0.15, 0.2) is 42.5 Å². The van der Waals surface area contributed by atoms with E-state index in [0.717, 1.165) is 11.6 Å². The van der Waals surface area contributed by atoms with Crippen molar-refractivity contribution in [2.45, 2.75) is 6.04 Å². The zero-order chi connectivity index (χ0) is 9.68. The number of aliphatic carboxylic acids is 1. The molecule has 3 N–H and O–H groups in total. The molecule has 0 fully saturated rings. The molecule has 68 valence electrons. The monoisotopic (exact) mass is 177 g/mol. The van der Waals surface area contributed by atoms with Crippen LogP contribution in [0.5, 0.6) is 0 Å². The van der Waals surface area contributed by atoms with Gasteiger partial charge in [0, 0.05) is 12.1 Å². The Kier molecular flexibility index (Phi) is 3.23. The molecule has 13 heavy (non-hydrogen) atoms. The Bertz CT molecular complexity index is 306. The van der Waals surface area contributed by atoms with Crippen molar-refractivity contribution in [1.29, 1.82) is 0 Å². The van der Waals surface area contributed by atoms with Crippen molar-refractivity contribution < 1.29 is 9.90 Å². The Balaban J connectivity index is 2.69. The molecule has 1 aromatic carbocycles. The summed E-state index contributed by atoms with van der Waals surface area (Å²) in [4.78, 5) is 10.2. The third-order valence-electron chi connectivity index (χ3n) is 1.63. The van der Waals surface area contributed by atoms with Crippen LogP contribution >= 0.6 is 0 Å². The lowest BCUT2D eigenvalue weighted by Crippen LogP contribution is -2.07. The maximum absolute atomic E-state index is 10.2. The van der Waals surface area contributed by atoms with Gasteiger partial charge in [-0.15, -0.1) is 0 Å². The van der Waals surface area contributed by atoms with E-state index in [1.165, 1.54) is 6.08 Å². The fourth-order valence-electron chi connectivity index (χ4n) is 0.972. The first kappa shape index (κ1) is 9.48. The third-order valence-corrected chi connectivity index (χ3v) is 1.63. The lowest BCUT2D eigenvalue weighted by atomic mass is 10.1. The molecule has 0 heterocycles. The number of rotatable bonds is 3. The number of hydrogen-bond acceptors (Lipinski definition) is 2. The van der Waals surface area contributed by atoms with Gasteiger partial charge in [-0.3, -0.25) is 0 Å². The van der Waals surface area contributed by atoms with Crippen LogP contribution in [0.1, 0.15) is 11.6 Å². The van der Waals surface area contributed by atoms with E-state index in [4.69, 9.17) is 10.8 Å². The van der Waals surface area contributed by atoms with Gasteiger partial charge in [-0.1, -0.05) is 36.4 Å². The van der Waals surface area contributed by atoms with Gasteiger partial charge < -0.3 is 10.8 Å². The lowest BCUT2D eigenvalue weighted by molar-refractivity contribution is -0.131. The summed E-state index contributed by atoms with van der Waals surface area (Å²) in [7, 11) is 0.